The van der Waals surface area contributed by atoms with Crippen LogP contribution in [-0.2, 0) is 16.5 Å². The molecule has 32 heavy (non-hydrogen) atoms. The summed E-state index contributed by atoms with van der Waals surface area (Å²) in [6.07, 6.45) is 4.93. The molecule has 0 fully saturated rings. The molecule has 0 N–H and O–H groups in total. The van der Waals surface area contributed by atoms with Crippen LogP contribution in [-0.4, -0.2) is 59.8 Å². The molecule has 0 saturated carbocycles. The second kappa shape index (κ2) is 10.9. The number of rotatable bonds is 7. The van der Waals surface area contributed by atoms with Crippen molar-refractivity contribution < 1.29 is 36.7 Å². The Morgan fingerprint density at radius 1 is 0.781 bits per heavy atom. The molecule has 2 aromatic carbocycles. The zero-order chi connectivity index (χ0) is 23.9. The van der Waals surface area contributed by atoms with E-state index < -0.39 is 10.1 Å². The third kappa shape index (κ3) is 6.38. The molecule has 0 amide bonds. The van der Waals surface area contributed by atoms with Gasteiger partial charge in [-0.15, -0.1) is 0 Å². The van der Waals surface area contributed by atoms with Crippen LogP contribution < -0.4 is 23.7 Å². The van der Waals surface area contributed by atoms with E-state index in [4.69, 9.17) is 36.7 Å². The van der Waals surface area contributed by atoms with Gasteiger partial charge in [-0.25, -0.2) is 8.42 Å². The molecule has 0 atom stereocenters. The van der Waals surface area contributed by atoms with Crippen LogP contribution >= 0.6 is 0 Å². The zero-order valence-electron chi connectivity index (χ0n) is 18.8. The Morgan fingerprint density at radius 2 is 1.28 bits per heavy atom. The summed E-state index contributed by atoms with van der Waals surface area (Å²) in [6, 6.07) is 7.80. The molecule has 3 rings (SSSR count). The van der Waals surface area contributed by atoms with E-state index in [1.54, 1.807) is 35.5 Å². The van der Waals surface area contributed by atoms with Crippen molar-refractivity contribution in [2.75, 3.05) is 41.8 Å². The van der Waals surface area contributed by atoms with Gasteiger partial charge in [-0.3, -0.25) is 4.98 Å². The second-order valence-corrected chi connectivity index (χ2v) is 8.05. The van der Waals surface area contributed by atoms with Crippen LogP contribution in [0.2, 0.25) is 0 Å². The Bertz CT molecular complexity index is 1150. The lowest BCUT2D eigenvalue weighted by atomic mass is 10.00. The van der Waals surface area contributed by atoms with E-state index in [-0.39, 0.29) is 0 Å². The van der Waals surface area contributed by atoms with Gasteiger partial charge in [0.15, 0.2) is 23.0 Å². The van der Waals surface area contributed by atoms with Crippen molar-refractivity contribution in [2.24, 2.45) is 0 Å². The molecule has 0 radical (unpaired) electrons. The molecular formula is C22H26NO8S-. The first-order chi connectivity index (χ1) is 15.1. The highest BCUT2D eigenvalue weighted by atomic mass is 32.2. The highest BCUT2D eigenvalue weighted by molar-refractivity contribution is 7.84. The van der Waals surface area contributed by atoms with E-state index in [0.717, 1.165) is 21.9 Å². The van der Waals surface area contributed by atoms with Crippen LogP contribution in [0.5, 0.6) is 28.7 Å². The van der Waals surface area contributed by atoms with E-state index >= 15 is 0 Å². The van der Waals surface area contributed by atoms with Gasteiger partial charge in [0, 0.05) is 24.0 Å². The van der Waals surface area contributed by atoms with E-state index in [9.17, 15) is 0 Å². The molecule has 0 aliphatic carbocycles. The summed E-state index contributed by atoms with van der Waals surface area (Å²) in [5.74, 6) is 3.18. The monoisotopic (exact) mass is 464 g/mol. The number of benzene rings is 2. The van der Waals surface area contributed by atoms with Crippen LogP contribution in [0, 0.1) is 0 Å². The molecule has 0 aliphatic heterocycles. The molecule has 9 nitrogen and oxygen atoms in total. The maximum Gasteiger partial charge on any atom is 0.203 e. The number of methoxy groups -OCH3 is 5. The van der Waals surface area contributed by atoms with Gasteiger partial charge in [0.05, 0.1) is 45.7 Å². The number of nitrogens with zero attached hydrogens (tertiary/aromatic N) is 1. The van der Waals surface area contributed by atoms with Gasteiger partial charge in [0.25, 0.3) is 0 Å². The number of pyridine rings is 1. The van der Waals surface area contributed by atoms with Gasteiger partial charge in [0.1, 0.15) is 0 Å². The zero-order valence-corrected chi connectivity index (χ0v) is 19.6. The summed E-state index contributed by atoms with van der Waals surface area (Å²) in [5, 5.41) is 2.04. The normalized spacial score (nSPS) is 10.7. The van der Waals surface area contributed by atoms with Gasteiger partial charge in [0.2, 0.25) is 5.75 Å². The van der Waals surface area contributed by atoms with E-state index in [2.05, 4.69) is 4.98 Å². The maximum atomic E-state index is 9.08. The van der Waals surface area contributed by atoms with Crippen LogP contribution in [0.15, 0.2) is 36.7 Å². The summed E-state index contributed by atoms with van der Waals surface area (Å²) in [4.78, 5) is 4.38. The minimum atomic E-state index is -3.92. The number of ether oxygens (including phenoxy) is 5. The van der Waals surface area contributed by atoms with Crippen molar-refractivity contribution in [3.8, 4) is 28.7 Å². The predicted octanol–water partition coefficient (Wildman–Crippen LogP) is 3.03. The Kier molecular flexibility index (Phi) is 8.50. The van der Waals surface area contributed by atoms with Gasteiger partial charge in [-0.05, 0) is 47.2 Å². The molecule has 0 bridgehead atoms. The molecule has 10 heteroatoms. The summed E-state index contributed by atoms with van der Waals surface area (Å²) >= 11 is 0. The molecular weight excluding hydrogens is 438 g/mol. The van der Waals surface area contributed by atoms with Gasteiger partial charge < -0.3 is 28.2 Å². The van der Waals surface area contributed by atoms with Crippen LogP contribution in [0.25, 0.3) is 10.8 Å². The summed E-state index contributed by atoms with van der Waals surface area (Å²) in [7, 11) is 4.14. The topological polar surface area (TPSA) is 116 Å². The second-order valence-electron chi connectivity index (χ2n) is 6.64. The lowest BCUT2D eigenvalue weighted by Gasteiger charge is -2.15. The van der Waals surface area contributed by atoms with Crippen molar-refractivity contribution in [1.29, 1.82) is 0 Å². The molecule has 1 aromatic heterocycles. The van der Waals surface area contributed by atoms with Gasteiger partial charge in [-0.1, -0.05) is 0 Å². The van der Waals surface area contributed by atoms with Crippen molar-refractivity contribution >= 4 is 20.9 Å². The van der Waals surface area contributed by atoms with Crippen molar-refractivity contribution in [3.05, 3.63) is 47.8 Å². The predicted molar refractivity (Wildman–Crippen MR) is 119 cm³/mol. The Morgan fingerprint density at radius 3 is 1.75 bits per heavy atom. The standard InChI is InChI=1S/C21H23NO5.CH4O3S/c1-23-17-9-15-12-22-11-14(16(15)10-18(17)24-2)6-13-7-19(25-3)21(27-5)20(8-13)26-4;1-5(2,3)4/h7-12H,6H2,1-5H3;1H3,(H,2,3,4)/p-1. The highest BCUT2D eigenvalue weighted by Gasteiger charge is 2.15. The van der Waals surface area contributed by atoms with Gasteiger partial charge >= 0.3 is 0 Å². The SMILES string of the molecule is COc1cc2cncc(Cc3cc(OC)c(OC)c(OC)c3)c2cc1OC.CS(=O)(=O)[O-]. The van der Waals surface area contributed by atoms with Crippen LogP contribution in [0.1, 0.15) is 11.1 Å². The van der Waals surface area contributed by atoms with Gasteiger partial charge in [-0.2, -0.15) is 0 Å². The summed E-state index contributed by atoms with van der Waals surface area (Å²) in [5.41, 5.74) is 2.08. The quantitative estimate of drug-likeness (QED) is 0.486. The van der Waals surface area contributed by atoms with Crippen LogP contribution in [0.3, 0.4) is 0 Å². The minimum absolute atomic E-state index is 0.575. The molecule has 3 aromatic rings. The molecule has 174 valence electrons. The average Bonchev–Trinajstić information content (AvgIpc) is 2.76. The number of hydrogen-bond acceptors (Lipinski definition) is 9. The summed E-state index contributed by atoms with van der Waals surface area (Å²) in [6.45, 7) is 0. The number of fused-ring (bicyclic) bond motifs is 1. The first-order valence-corrected chi connectivity index (χ1v) is 11.1. The fourth-order valence-corrected chi connectivity index (χ4v) is 3.15. The molecule has 0 aliphatic rings. The molecule has 0 spiro atoms. The Labute approximate surface area is 187 Å². The van der Waals surface area contributed by atoms with E-state index in [1.165, 1.54) is 0 Å². The molecule has 0 unspecified atom stereocenters. The fraction of sp³-hybridized carbons (Fsp3) is 0.318. The Hall–Kier alpha value is -3.24. The third-order valence-corrected chi connectivity index (χ3v) is 4.46. The molecule has 0 saturated heterocycles. The first-order valence-electron chi connectivity index (χ1n) is 9.33. The fourth-order valence-electron chi connectivity index (χ4n) is 3.15. The smallest absolute Gasteiger partial charge is 0.203 e. The van der Waals surface area contributed by atoms with Crippen molar-refractivity contribution in [3.63, 3.8) is 0 Å². The number of aromatic nitrogens is 1. The minimum Gasteiger partial charge on any atom is -0.748 e. The maximum absolute atomic E-state index is 9.08. The van der Waals surface area contributed by atoms with Crippen molar-refractivity contribution in [2.45, 2.75) is 6.42 Å². The lowest BCUT2D eigenvalue weighted by molar-refractivity contribution is 0.324. The largest absolute Gasteiger partial charge is 0.748 e. The highest BCUT2D eigenvalue weighted by Crippen LogP contribution is 2.39. The van der Waals surface area contributed by atoms with Crippen molar-refractivity contribution in [1.82, 2.24) is 4.98 Å². The van der Waals surface area contributed by atoms with E-state index in [1.807, 2.05) is 36.7 Å². The third-order valence-electron chi connectivity index (χ3n) is 4.46. The number of hydrogen-bond donors (Lipinski definition) is 0. The summed E-state index contributed by atoms with van der Waals surface area (Å²) < 4.78 is 54.4. The average molecular weight is 465 g/mol. The Balaban J connectivity index is 0.000000654. The van der Waals surface area contributed by atoms with E-state index in [0.29, 0.717) is 41.4 Å². The molecule has 1 heterocycles. The van der Waals surface area contributed by atoms with Crippen LogP contribution in [0.4, 0.5) is 0 Å². The lowest BCUT2D eigenvalue weighted by Crippen LogP contribution is -1.99. The first kappa shape index (κ1) is 25.0.